The highest BCUT2D eigenvalue weighted by Crippen LogP contribution is 2.62. The number of aliphatic hydroxyl groups is 1. The molecule has 1 N–H and O–H groups in total. The standard InChI is InChI=1S/C24H28ClN5O2/c25-20-7-17-12-27-30(19-13-26-29(14-19)23-9-16(10-23)11-23)21(17)8-22(20)28-4-2-24(31,3-5-28)18-1-6-32-15-18/h7-8,12-14,16,18,31H,1-6,9-11,15H2. The molecular weight excluding hydrogens is 426 g/mol. The van der Waals surface area contributed by atoms with Gasteiger partial charge in [0.15, 0.2) is 0 Å². The second kappa shape index (κ2) is 6.72. The molecule has 4 heterocycles. The van der Waals surface area contributed by atoms with E-state index in [0.717, 1.165) is 72.2 Å². The third-order valence-electron chi connectivity index (χ3n) is 8.60. The molecule has 7 nitrogen and oxygen atoms in total. The zero-order chi connectivity index (χ0) is 21.5. The summed E-state index contributed by atoms with van der Waals surface area (Å²) in [7, 11) is 0. The lowest BCUT2D eigenvalue weighted by molar-refractivity contribution is -0.0977. The van der Waals surface area contributed by atoms with Crippen LogP contribution in [0.3, 0.4) is 0 Å². The van der Waals surface area contributed by atoms with Gasteiger partial charge >= 0.3 is 0 Å². The molecule has 5 aliphatic rings. The van der Waals surface area contributed by atoms with Gasteiger partial charge in [-0.25, -0.2) is 4.68 Å². The number of rotatable bonds is 4. The molecule has 168 valence electrons. The van der Waals surface area contributed by atoms with E-state index in [2.05, 4.69) is 32.0 Å². The molecule has 2 aliphatic heterocycles. The third kappa shape index (κ3) is 2.74. The predicted molar refractivity (Wildman–Crippen MR) is 123 cm³/mol. The van der Waals surface area contributed by atoms with Crippen molar-refractivity contribution in [2.45, 2.75) is 49.7 Å². The molecule has 1 aromatic carbocycles. The van der Waals surface area contributed by atoms with Gasteiger partial charge in [-0.1, -0.05) is 11.6 Å². The first-order chi connectivity index (χ1) is 15.5. The molecule has 2 saturated heterocycles. The maximum Gasteiger partial charge on any atom is 0.103 e. The second-order valence-electron chi connectivity index (χ2n) is 10.4. The van der Waals surface area contributed by atoms with E-state index in [1.165, 1.54) is 19.3 Å². The van der Waals surface area contributed by atoms with Gasteiger partial charge in [0.2, 0.25) is 0 Å². The lowest BCUT2D eigenvalue weighted by Crippen LogP contribution is -2.59. The lowest BCUT2D eigenvalue weighted by Gasteiger charge is -2.61. The Morgan fingerprint density at radius 1 is 1.09 bits per heavy atom. The molecule has 3 aliphatic carbocycles. The number of halogens is 1. The summed E-state index contributed by atoms with van der Waals surface area (Å²) in [6.45, 7) is 3.02. The highest BCUT2D eigenvalue weighted by atomic mass is 35.5. The number of benzene rings is 1. The van der Waals surface area contributed by atoms with Crippen LogP contribution in [0.2, 0.25) is 5.02 Å². The Balaban J connectivity index is 1.17. The van der Waals surface area contributed by atoms with E-state index in [4.69, 9.17) is 16.3 Å². The quantitative estimate of drug-likeness (QED) is 0.651. The van der Waals surface area contributed by atoms with Crippen LogP contribution in [0.4, 0.5) is 5.69 Å². The smallest absolute Gasteiger partial charge is 0.103 e. The number of aromatic nitrogens is 4. The van der Waals surface area contributed by atoms with Crippen molar-refractivity contribution in [2.24, 2.45) is 11.8 Å². The molecule has 0 radical (unpaired) electrons. The molecule has 0 spiro atoms. The summed E-state index contributed by atoms with van der Waals surface area (Å²) in [5.74, 6) is 1.17. The average molecular weight is 454 g/mol. The fourth-order valence-corrected chi connectivity index (χ4v) is 6.67. The van der Waals surface area contributed by atoms with E-state index in [1.807, 2.05) is 23.1 Å². The van der Waals surface area contributed by atoms with Gasteiger partial charge < -0.3 is 14.7 Å². The molecule has 1 unspecified atom stereocenters. The minimum absolute atomic E-state index is 0.252. The maximum absolute atomic E-state index is 11.2. The largest absolute Gasteiger partial charge is 0.389 e. The van der Waals surface area contributed by atoms with Crippen LogP contribution in [0.25, 0.3) is 16.6 Å². The molecule has 5 fully saturated rings. The van der Waals surface area contributed by atoms with Crippen molar-refractivity contribution in [2.75, 3.05) is 31.2 Å². The van der Waals surface area contributed by atoms with Crippen LogP contribution in [-0.4, -0.2) is 56.6 Å². The van der Waals surface area contributed by atoms with Crippen molar-refractivity contribution in [1.82, 2.24) is 19.6 Å². The van der Waals surface area contributed by atoms with Gasteiger partial charge in [0, 0.05) is 31.0 Å². The Labute approximate surface area is 191 Å². The van der Waals surface area contributed by atoms with Crippen LogP contribution in [0, 0.1) is 11.8 Å². The van der Waals surface area contributed by atoms with E-state index in [1.54, 1.807) is 0 Å². The number of anilines is 1. The van der Waals surface area contributed by atoms with Gasteiger partial charge in [-0.2, -0.15) is 10.2 Å². The van der Waals surface area contributed by atoms with E-state index >= 15 is 0 Å². The van der Waals surface area contributed by atoms with Crippen LogP contribution in [0.5, 0.6) is 0 Å². The van der Waals surface area contributed by atoms with Crippen LogP contribution in [0.15, 0.2) is 30.7 Å². The van der Waals surface area contributed by atoms with Crippen molar-refractivity contribution in [3.8, 4) is 5.69 Å². The molecule has 1 atom stereocenters. The van der Waals surface area contributed by atoms with Crippen LogP contribution in [0.1, 0.15) is 38.5 Å². The van der Waals surface area contributed by atoms with Gasteiger partial charge in [0.25, 0.3) is 0 Å². The Morgan fingerprint density at radius 2 is 1.91 bits per heavy atom. The molecule has 32 heavy (non-hydrogen) atoms. The first-order valence-electron chi connectivity index (χ1n) is 11.8. The minimum Gasteiger partial charge on any atom is -0.389 e. The first-order valence-corrected chi connectivity index (χ1v) is 12.2. The highest BCUT2D eigenvalue weighted by molar-refractivity contribution is 6.34. The summed E-state index contributed by atoms with van der Waals surface area (Å²) in [4.78, 5) is 2.30. The predicted octanol–water partition coefficient (Wildman–Crippen LogP) is 3.75. The van der Waals surface area contributed by atoms with Gasteiger partial charge in [-0.3, -0.25) is 4.68 Å². The molecule has 8 rings (SSSR count). The zero-order valence-corrected chi connectivity index (χ0v) is 18.8. The summed E-state index contributed by atoms with van der Waals surface area (Å²) in [5.41, 5.74) is 2.69. The van der Waals surface area contributed by atoms with Gasteiger partial charge in [-0.05, 0) is 56.6 Å². The molecule has 2 aromatic heterocycles. The normalized spacial score (nSPS) is 31.0. The number of hydrogen-bond acceptors (Lipinski definition) is 5. The van der Waals surface area contributed by atoms with Crippen LogP contribution >= 0.6 is 11.6 Å². The van der Waals surface area contributed by atoms with Crippen LogP contribution < -0.4 is 4.90 Å². The number of fused-ring (bicyclic) bond motifs is 1. The third-order valence-corrected chi connectivity index (χ3v) is 8.90. The Bertz CT molecular complexity index is 1170. The molecule has 0 amide bonds. The molecular formula is C24H28ClN5O2. The van der Waals surface area contributed by atoms with Crippen molar-refractivity contribution in [3.63, 3.8) is 0 Å². The van der Waals surface area contributed by atoms with E-state index < -0.39 is 5.60 Å². The molecule has 8 heteroatoms. The van der Waals surface area contributed by atoms with Gasteiger partial charge in [0.1, 0.15) is 5.69 Å². The SMILES string of the molecule is OC1(C2CCOC2)CCN(c2cc3c(cnn3-c3cnn(C45CC(C4)C5)c3)cc2Cl)CC1. The topological polar surface area (TPSA) is 68.3 Å². The zero-order valence-electron chi connectivity index (χ0n) is 18.1. The van der Waals surface area contributed by atoms with Crippen molar-refractivity contribution >= 4 is 28.2 Å². The lowest BCUT2D eigenvalue weighted by atomic mass is 9.50. The summed E-state index contributed by atoms with van der Waals surface area (Å²) in [5, 5.41) is 22.3. The maximum atomic E-state index is 11.2. The minimum atomic E-state index is -0.624. The Morgan fingerprint density at radius 3 is 2.59 bits per heavy atom. The second-order valence-corrected chi connectivity index (χ2v) is 10.8. The number of ether oxygens (including phenoxy) is 1. The van der Waals surface area contributed by atoms with Crippen molar-refractivity contribution < 1.29 is 9.84 Å². The monoisotopic (exact) mass is 453 g/mol. The molecule has 3 aromatic rings. The summed E-state index contributed by atoms with van der Waals surface area (Å²) >= 11 is 6.71. The summed E-state index contributed by atoms with van der Waals surface area (Å²) in [6.07, 6.45) is 12.2. The van der Waals surface area contributed by atoms with Crippen LogP contribution in [-0.2, 0) is 10.3 Å². The van der Waals surface area contributed by atoms with E-state index in [0.29, 0.717) is 6.61 Å². The van der Waals surface area contributed by atoms with Crippen molar-refractivity contribution in [1.29, 1.82) is 0 Å². The highest BCUT2D eigenvalue weighted by Gasteiger charge is 2.58. The fraction of sp³-hybridized carbons (Fsp3) is 0.583. The number of hydrogen-bond donors (Lipinski definition) is 1. The van der Waals surface area contributed by atoms with Gasteiger partial charge in [0.05, 0.1) is 52.6 Å². The first kappa shape index (κ1) is 19.4. The summed E-state index contributed by atoms with van der Waals surface area (Å²) < 4.78 is 9.66. The van der Waals surface area contributed by atoms with E-state index in [-0.39, 0.29) is 11.5 Å². The summed E-state index contributed by atoms with van der Waals surface area (Å²) in [6, 6.07) is 4.15. The Hall–Kier alpha value is -2.09. The number of nitrogens with zero attached hydrogens (tertiary/aromatic N) is 5. The van der Waals surface area contributed by atoms with Crippen molar-refractivity contribution in [3.05, 3.63) is 35.7 Å². The Kier molecular flexibility index (Phi) is 4.07. The average Bonchev–Trinajstić information content (AvgIpc) is 3.46. The number of piperidine rings is 1. The van der Waals surface area contributed by atoms with Gasteiger partial charge in [-0.15, -0.1) is 0 Å². The van der Waals surface area contributed by atoms with E-state index in [9.17, 15) is 5.11 Å². The fourth-order valence-electron chi connectivity index (χ4n) is 6.38. The molecule has 2 bridgehead atoms. The molecule has 3 saturated carbocycles.